The lowest BCUT2D eigenvalue weighted by atomic mass is 9.62. The van der Waals surface area contributed by atoms with Crippen molar-refractivity contribution in [1.29, 1.82) is 0 Å². The number of methoxy groups -OCH3 is 1. The summed E-state index contributed by atoms with van der Waals surface area (Å²) in [6.07, 6.45) is 19.5. The molecule has 55 heavy (non-hydrogen) atoms. The summed E-state index contributed by atoms with van der Waals surface area (Å²) in [6, 6.07) is 8.38. The molecule has 2 N–H and O–H groups in total. The number of β-amino-alcohol motifs (C(OH)–C–C–N with tert-alkyl or cyclic N) is 1. The molecule has 2 aromatic heterocycles. The minimum absolute atomic E-state index is 0.0244. The summed E-state index contributed by atoms with van der Waals surface area (Å²) in [5.74, 6) is 1.11. The number of piperidine rings is 1. The van der Waals surface area contributed by atoms with Crippen LogP contribution in [0.5, 0.6) is 17.5 Å². The van der Waals surface area contributed by atoms with Gasteiger partial charge in [-0.1, -0.05) is 31.2 Å². The van der Waals surface area contributed by atoms with E-state index in [9.17, 15) is 10.2 Å². The number of pyridine rings is 2. The molecule has 3 unspecified atom stereocenters. The molecule has 4 heterocycles. The van der Waals surface area contributed by atoms with Gasteiger partial charge in [-0.3, -0.25) is 4.90 Å². The van der Waals surface area contributed by atoms with Gasteiger partial charge in [0.2, 0.25) is 11.8 Å². The summed E-state index contributed by atoms with van der Waals surface area (Å²) in [5.41, 5.74) is -0.327. The molecular formula is C44H50F2N4O5. The molecule has 11 heteroatoms. The van der Waals surface area contributed by atoms with E-state index in [1.807, 2.05) is 4.90 Å². The molecule has 5 fully saturated rings. The quantitative estimate of drug-likeness (QED) is 0.184. The summed E-state index contributed by atoms with van der Waals surface area (Å²) < 4.78 is 50.9. The summed E-state index contributed by atoms with van der Waals surface area (Å²) in [7, 11) is 1.44. The van der Waals surface area contributed by atoms with E-state index < -0.39 is 17.2 Å². The molecular weight excluding hydrogens is 703 g/mol. The second-order valence-electron chi connectivity index (χ2n) is 17.3. The van der Waals surface area contributed by atoms with Crippen LogP contribution in [-0.4, -0.2) is 89.3 Å². The molecule has 1 spiro atoms. The maximum Gasteiger partial charge on any atom is 0.225 e. The van der Waals surface area contributed by atoms with Crippen LogP contribution in [0, 0.1) is 34.8 Å². The first-order chi connectivity index (χ1) is 26.5. The topological polar surface area (TPSA) is 100 Å². The molecule has 0 bridgehead atoms. The second-order valence-corrected chi connectivity index (χ2v) is 17.3. The number of nitrogens with zero attached hydrogens (tertiary/aromatic N) is 4. The van der Waals surface area contributed by atoms with Crippen molar-refractivity contribution in [2.75, 3.05) is 51.5 Å². The molecule has 3 aliphatic carbocycles. The van der Waals surface area contributed by atoms with Crippen LogP contribution in [-0.2, 0) is 4.74 Å². The highest BCUT2D eigenvalue weighted by Gasteiger charge is 2.55. The maximum absolute atomic E-state index is 17.4. The van der Waals surface area contributed by atoms with Gasteiger partial charge in [0.15, 0.2) is 5.82 Å². The zero-order chi connectivity index (χ0) is 38.1. The Balaban J connectivity index is 1.14. The molecule has 3 atom stereocenters. The number of likely N-dealkylation sites (tertiary alicyclic amines) is 1. The average Bonchev–Trinajstić information content (AvgIpc) is 3.79. The van der Waals surface area contributed by atoms with Crippen LogP contribution in [0.1, 0.15) is 83.1 Å². The molecule has 5 aliphatic rings. The fourth-order valence-electron chi connectivity index (χ4n) is 11.1. The van der Waals surface area contributed by atoms with E-state index in [4.69, 9.17) is 25.6 Å². The van der Waals surface area contributed by atoms with Gasteiger partial charge in [-0.15, -0.1) is 6.42 Å². The smallest absolute Gasteiger partial charge is 0.225 e. The molecule has 2 saturated heterocycles. The van der Waals surface area contributed by atoms with Crippen LogP contribution in [0.2, 0.25) is 0 Å². The Morgan fingerprint density at radius 3 is 2.60 bits per heavy atom. The van der Waals surface area contributed by atoms with Crippen LogP contribution in [0.3, 0.4) is 0 Å². The molecule has 9 rings (SSSR count). The lowest BCUT2D eigenvalue weighted by molar-refractivity contribution is -0.0784. The van der Waals surface area contributed by atoms with Crippen LogP contribution in [0.25, 0.3) is 32.9 Å². The summed E-state index contributed by atoms with van der Waals surface area (Å²) in [4.78, 5) is 14.3. The van der Waals surface area contributed by atoms with E-state index in [0.717, 1.165) is 38.6 Å². The maximum atomic E-state index is 17.4. The lowest BCUT2D eigenvalue weighted by Crippen LogP contribution is -2.60. The predicted molar refractivity (Wildman–Crippen MR) is 208 cm³/mol. The van der Waals surface area contributed by atoms with Gasteiger partial charge in [0, 0.05) is 47.6 Å². The molecule has 3 saturated carbocycles. The number of ether oxygens (including phenoxy) is 3. The normalized spacial score (nSPS) is 26.9. The van der Waals surface area contributed by atoms with Crippen molar-refractivity contribution in [2.24, 2.45) is 10.8 Å². The number of aromatic hydroxyl groups is 1. The van der Waals surface area contributed by atoms with E-state index in [2.05, 4.69) is 15.8 Å². The second kappa shape index (κ2) is 13.7. The molecule has 4 aromatic rings. The van der Waals surface area contributed by atoms with E-state index in [0.29, 0.717) is 53.7 Å². The van der Waals surface area contributed by atoms with Crippen molar-refractivity contribution in [3.63, 3.8) is 0 Å². The number of aromatic nitrogens is 2. The van der Waals surface area contributed by atoms with Crippen LogP contribution in [0.4, 0.5) is 14.5 Å². The molecule has 2 aliphatic heterocycles. The fourth-order valence-corrected chi connectivity index (χ4v) is 11.1. The Morgan fingerprint density at radius 1 is 1.02 bits per heavy atom. The molecule has 0 amide bonds. The highest BCUT2D eigenvalue weighted by molar-refractivity contribution is 6.04. The van der Waals surface area contributed by atoms with E-state index in [-0.39, 0.29) is 63.8 Å². The average molecular weight is 753 g/mol. The number of hydrogen-bond acceptors (Lipinski definition) is 9. The van der Waals surface area contributed by atoms with Gasteiger partial charge < -0.3 is 29.3 Å². The number of phenolic OH excluding ortho intramolecular Hbond substituents is 1. The number of hydrogen-bond donors (Lipinski definition) is 2. The Morgan fingerprint density at radius 2 is 1.82 bits per heavy atom. The van der Waals surface area contributed by atoms with E-state index in [1.54, 1.807) is 13.0 Å². The summed E-state index contributed by atoms with van der Waals surface area (Å²) in [6.45, 7) is 4.40. The Labute approximate surface area is 321 Å². The zero-order valence-electron chi connectivity index (χ0n) is 31.8. The minimum atomic E-state index is -1.19. The van der Waals surface area contributed by atoms with Gasteiger partial charge in [0.05, 0.1) is 43.6 Å². The Hall–Kier alpha value is -4.24. The standard InChI is InChI=1S/C44H50F2N4O5/c1-4-30-32(45)11-10-27-19-29(51)20-31(36(27)30)39-38(46)40-37(41(48-39)53-3)33(49-17-18-54-25-42(2,52)24-49)21-35(47-40)55-26-44-14-7-9-34(44)50(16-8-15-44)28-22-43(23-28)12-5-6-13-43/h1,10-11,19-21,28,34,51-52H,5-9,12-18,22-26H2,2-3H3. The van der Waals surface area contributed by atoms with Crippen LogP contribution >= 0.6 is 0 Å². The molecule has 9 nitrogen and oxygen atoms in total. The van der Waals surface area contributed by atoms with Crippen molar-refractivity contribution >= 4 is 27.4 Å². The number of phenols is 1. The number of halogens is 2. The third-order valence-electron chi connectivity index (χ3n) is 13.6. The van der Waals surface area contributed by atoms with Crippen LogP contribution in [0.15, 0.2) is 30.3 Å². The number of rotatable bonds is 7. The molecule has 2 aromatic carbocycles. The highest BCUT2D eigenvalue weighted by atomic mass is 19.1. The van der Waals surface area contributed by atoms with Crippen molar-refractivity contribution in [3.8, 4) is 41.1 Å². The SMILES string of the molecule is C#Cc1c(F)ccc2cc(O)cc(-c3nc(OC)c4c(N5CCOCC(C)(O)C5)cc(OCC56CCCC5N(C5CC7(CCCC7)C5)CCC6)nc4c3F)c12. The first-order valence-electron chi connectivity index (χ1n) is 20.0. The van der Waals surface area contributed by atoms with Gasteiger partial charge >= 0.3 is 0 Å². The van der Waals surface area contributed by atoms with Crippen molar-refractivity contribution in [1.82, 2.24) is 14.9 Å². The van der Waals surface area contributed by atoms with Gasteiger partial charge in [0.1, 0.15) is 28.4 Å². The summed E-state index contributed by atoms with van der Waals surface area (Å²) in [5, 5.41) is 22.9. The van der Waals surface area contributed by atoms with Gasteiger partial charge in [-0.2, -0.15) is 0 Å². The number of aliphatic hydroxyl groups is 1. The highest BCUT2D eigenvalue weighted by Crippen LogP contribution is 2.58. The third kappa shape index (κ3) is 6.25. The van der Waals surface area contributed by atoms with Crippen molar-refractivity contribution in [3.05, 3.63) is 47.5 Å². The number of terminal acetylenes is 1. The summed E-state index contributed by atoms with van der Waals surface area (Å²) >= 11 is 0. The largest absolute Gasteiger partial charge is 0.508 e. The first-order valence-corrected chi connectivity index (χ1v) is 20.0. The minimum Gasteiger partial charge on any atom is -0.508 e. The Kier molecular flexibility index (Phi) is 9.10. The van der Waals surface area contributed by atoms with Gasteiger partial charge in [-0.05, 0) is 93.8 Å². The fraction of sp³-hybridized carbons (Fsp3) is 0.545. The molecule has 290 valence electrons. The monoisotopic (exact) mass is 752 g/mol. The molecule has 0 radical (unpaired) electrons. The number of benzene rings is 2. The van der Waals surface area contributed by atoms with E-state index >= 15 is 8.78 Å². The van der Waals surface area contributed by atoms with Gasteiger partial charge in [-0.25, -0.2) is 18.7 Å². The van der Waals surface area contributed by atoms with Crippen molar-refractivity contribution < 1.29 is 33.2 Å². The van der Waals surface area contributed by atoms with Gasteiger partial charge in [0.25, 0.3) is 0 Å². The Bertz CT molecular complexity index is 2190. The van der Waals surface area contributed by atoms with Crippen LogP contribution < -0.4 is 14.4 Å². The third-order valence-corrected chi connectivity index (χ3v) is 13.6. The number of fused-ring (bicyclic) bond motifs is 3. The lowest BCUT2D eigenvalue weighted by Gasteiger charge is -2.56. The zero-order valence-corrected chi connectivity index (χ0v) is 31.8. The van der Waals surface area contributed by atoms with Crippen molar-refractivity contribution in [2.45, 2.75) is 95.2 Å². The predicted octanol–water partition coefficient (Wildman–Crippen LogP) is 7.75. The van der Waals surface area contributed by atoms with E-state index in [1.165, 1.54) is 69.9 Å². The number of anilines is 1. The first kappa shape index (κ1) is 36.4.